The lowest BCUT2D eigenvalue weighted by molar-refractivity contribution is 0.0746. The van der Waals surface area contributed by atoms with Gasteiger partial charge in [-0.3, -0.25) is 9.59 Å². The predicted octanol–water partition coefficient (Wildman–Crippen LogP) is 4.54. The van der Waals surface area contributed by atoms with Gasteiger partial charge >= 0.3 is 0 Å². The molecule has 150 valence electrons. The first-order valence-corrected chi connectivity index (χ1v) is 11.0. The van der Waals surface area contributed by atoms with E-state index in [9.17, 15) is 9.59 Å². The number of para-hydroxylation sites is 1. The van der Waals surface area contributed by atoms with Gasteiger partial charge < -0.3 is 9.80 Å². The van der Waals surface area contributed by atoms with Crippen LogP contribution in [-0.4, -0.2) is 42.8 Å². The Kier molecular flexibility index (Phi) is 5.05. The van der Waals surface area contributed by atoms with E-state index in [1.165, 1.54) is 5.69 Å². The summed E-state index contributed by atoms with van der Waals surface area (Å²) in [5.74, 6) is 0.155. The Bertz CT molecular complexity index is 1110. The topological polar surface area (TPSA) is 40.6 Å². The van der Waals surface area contributed by atoms with Gasteiger partial charge in [-0.05, 0) is 42.0 Å². The fourth-order valence-electron chi connectivity index (χ4n) is 4.11. The van der Waals surface area contributed by atoms with Crippen LogP contribution >= 0.6 is 11.8 Å². The van der Waals surface area contributed by atoms with Crippen LogP contribution in [0.25, 0.3) is 0 Å². The fourth-order valence-corrected chi connectivity index (χ4v) is 5.19. The van der Waals surface area contributed by atoms with Crippen LogP contribution in [0.2, 0.25) is 0 Å². The van der Waals surface area contributed by atoms with Crippen LogP contribution in [0.5, 0.6) is 0 Å². The van der Waals surface area contributed by atoms with Crippen LogP contribution in [0.1, 0.15) is 26.3 Å². The van der Waals surface area contributed by atoms with Crippen molar-refractivity contribution in [2.45, 2.75) is 16.2 Å². The average Bonchev–Trinajstić information content (AvgIpc) is 2.94. The summed E-state index contributed by atoms with van der Waals surface area (Å²) in [5, 5.41) is 0. The van der Waals surface area contributed by atoms with Crippen LogP contribution in [0, 0.1) is 0 Å². The first-order chi connectivity index (χ1) is 14.7. The summed E-state index contributed by atoms with van der Waals surface area (Å²) in [6.45, 7) is 3.04. The second-order valence-electron chi connectivity index (χ2n) is 7.64. The molecule has 0 saturated carbocycles. The number of anilines is 1. The predicted molar refractivity (Wildman–Crippen MR) is 120 cm³/mol. The van der Waals surface area contributed by atoms with Crippen molar-refractivity contribution in [3.8, 4) is 0 Å². The molecule has 0 radical (unpaired) electrons. The average molecular weight is 415 g/mol. The summed E-state index contributed by atoms with van der Waals surface area (Å²) in [6.07, 6.45) is 0.336. The molecule has 1 saturated heterocycles. The number of nitrogens with zero attached hydrogens (tertiary/aromatic N) is 2. The monoisotopic (exact) mass is 414 g/mol. The molecular weight excluding hydrogens is 392 g/mol. The summed E-state index contributed by atoms with van der Waals surface area (Å²) >= 11 is 1.61. The van der Waals surface area contributed by atoms with Gasteiger partial charge in [0.25, 0.3) is 5.91 Å². The van der Waals surface area contributed by atoms with Crippen LogP contribution in [0.15, 0.2) is 82.6 Å². The molecule has 1 amide bonds. The van der Waals surface area contributed by atoms with Gasteiger partial charge in [0.2, 0.25) is 0 Å². The van der Waals surface area contributed by atoms with Crippen molar-refractivity contribution in [3.63, 3.8) is 0 Å². The summed E-state index contributed by atoms with van der Waals surface area (Å²) < 4.78 is 0. The summed E-state index contributed by atoms with van der Waals surface area (Å²) in [7, 11) is 0. The van der Waals surface area contributed by atoms with Gasteiger partial charge in [-0.15, -0.1) is 0 Å². The van der Waals surface area contributed by atoms with E-state index >= 15 is 0 Å². The number of amides is 1. The molecule has 3 aromatic carbocycles. The summed E-state index contributed by atoms with van der Waals surface area (Å²) in [5.41, 5.74) is 3.57. The van der Waals surface area contributed by atoms with E-state index in [2.05, 4.69) is 17.0 Å². The minimum atomic E-state index is 0.0460. The lowest BCUT2D eigenvalue weighted by Gasteiger charge is -2.36. The number of fused-ring (bicyclic) bond motifs is 2. The molecule has 4 nitrogen and oxygen atoms in total. The van der Waals surface area contributed by atoms with Crippen molar-refractivity contribution >= 4 is 29.1 Å². The molecule has 2 aliphatic rings. The zero-order valence-electron chi connectivity index (χ0n) is 16.6. The lowest BCUT2D eigenvalue weighted by Crippen LogP contribution is -2.48. The third-order valence-electron chi connectivity index (χ3n) is 5.75. The highest BCUT2D eigenvalue weighted by atomic mass is 32.2. The Balaban J connectivity index is 1.32. The second-order valence-corrected chi connectivity index (χ2v) is 8.72. The maximum absolute atomic E-state index is 13.1. The highest BCUT2D eigenvalue weighted by Crippen LogP contribution is 2.37. The molecule has 0 bridgehead atoms. The standard InChI is InChI=1S/C25H22N2O2S/c28-22-17-19-16-18(10-11-23(19)30-24-9-5-4-8-21(22)24)25(29)27-14-12-26(13-15-27)20-6-2-1-3-7-20/h1-11,16H,12-15,17H2. The third kappa shape index (κ3) is 3.61. The fraction of sp³-hybridized carbons (Fsp3) is 0.200. The van der Waals surface area contributed by atoms with E-state index in [-0.39, 0.29) is 11.7 Å². The molecule has 3 aromatic rings. The minimum absolute atomic E-state index is 0.0460. The van der Waals surface area contributed by atoms with Crippen LogP contribution in [-0.2, 0) is 6.42 Å². The van der Waals surface area contributed by atoms with Gasteiger partial charge in [0.1, 0.15) is 0 Å². The maximum Gasteiger partial charge on any atom is 0.253 e. The Morgan fingerprint density at radius 2 is 1.53 bits per heavy atom. The number of piperazine rings is 1. The van der Waals surface area contributed by atoms with E-state index in [1.54, 1.807) is 11.8 Å². The Hall–Kier alpha value is -3.05. The van der Waals surface area contributed by atoms with Gasteiger partial charge in [-0.25, -0.2) is 0 Å². The largest absolute Gasteiger partial charge is 0.368 e. The zero-order valence-corrected chi connectivity index (χ0v) is 17.4. The van der Waals surface area contributed by atoms with Gasteiger partial charge in [0.15, 0.2) is 5.78 Å². The second kappa shape index (κ2) is 8.00. The van der Waals surface area contributed by atoms with Crippen molar-refractivity contribution in [1.82, 2.24) is 4.90 Å². The molecule has 5 rings (SSSR count). The first kappa shape index (κ1) is 18.9. The molecule has 30 heavy (non-hydrogen) atoms. The van der Waals surface area contributed by atoms with Crippen molar-refractivity contribution in [1.29, 1.82) is 0 Å². The molecule has 0 aromatic heterocycles. The van der Waals surface area contributed by atoms with Gasteiger partial charge in [0.05, 0.1) is 0 Å². The number of carbonyl (C=O) groups excluding carboxylic acids is 2. The van der Waals surface area contributed by atoms with Gasteiger partial charge in [-0.1, -0.05) is 48.2 Å². The van der Waals surface area contributed by atoms with E-state index < -0.39 is 0 Å². The van der Waals surface area contributed by atoms with E-state index in [0.29, 0.717) is 25.1 Å². The number of hydrogen-bond acceptors (Lipinski definition) is 4. The van der Waals surface area contributed by atoms with E-state index in [4.69, 9.17) is 0 Å². The Morgan fingerprint density at radius 1 is 0.800 bits per heavy atom. The highest BCUT2D eigenvalue weighted by molar-refractivity contribution is 7.99. The zero-order chi connectivity index (χ0) is 20.5. The van der Waals surface area contributed by atoms with E-state index in [0.717, 1.165) is 34.0 Å². The summed E-state index contributed by atoms with van der Waals surface area (Å²) in [6, 6.07) is 23.8. The molecule has 0 unspecified atom stereocenters. The van der Waals surface area contributed by atoms with Gasteiger partial charge in [0, 0.05) is 59.2 Å². The lowest BCUT2D eigenvalue weighted by atomic mass is 10.0. The van der Waals surface area contributed by atoms with Crippen LogP contribution in [0.4, 0.5) is 5.69 Å². The molecule has 2 aliphatic heterocycles. The van der Waals surface area contributed by atoms with E-state index in [1.807, 2.05) is 65.6 Å². The number of Topliss-reactive ketones (excluding diaryl/α,β-unsaturated/α-hetero) is 1. The molecule has 2 heterocycles. The molecule has 1 fully saturated rings. The molecule has 0 N–H and O–H groups in total. The molecule has 0 atom stereocenters. The first-order valence-electron chi connectivity index (χ1n) is 10.2. The Morgan fingerprint density at radius 3 is 2.33 bits per heavy atom. The molecule has 0 aliphatic carbocycles. The molecule has 5 heteroatoms. The molecule has 0 spiro atoms. The Labute approximate surface area is 180 Å². The highest BCUT2D eigenvalue weighted by Gasteiger charge is 2.25. The van der Waals surface area contributed by atoms with Crippen molar-refractivity contribution in [2.75, 3.05) is 31.1 Å². The third-order valence-corrected chi connectivity index (χ3v) is 6.95. The van der Waals surface area contributed by atoms with Crippen LogP contribution < -0.4 is 4.90 Å². The number of hydrogen-bond donors (Lipinski definition) is 0. The van der Waals surface area contributed by atoms with Crippen molar-refractivity contribution < 1.29 is 9.59 Å². The quantitative estimate of drug-likeness (QED) is 0.617. The minimum Gasteiger partial charge on any atom is -0.368 e. The molecular formula is C25H22N2O2S. The van der Waals surface area contributed by atoms with Gasteiger partial charge in [-0.2, -0.15) is 0 Å². The normalized spacial score (nSPS) is 15.9. The number of rotatable bonds is 2. The smallest absolute Gasteiger partial charge is 0.253 e. The number of benzene rings is 3. The maximum atomic E-state index is 13.1. The van der Waals surface area contributed by atoms with Crippen molar-refractivity contribution in [2.24, 2.45) is 0 Å². The number of carbonyl (C=O) groups is 2. The number of ketones is 1. The SMILES string of the molecule is O=C1Cc2cc(C(=O)N3CCN(c4ccccc4)CC3)ccc2Sc2ccccc21. The summed E-state index contributed by atoms with van der Waals surface area (Å²) in [4.78, 5) is 32.1. The van der Waals surface area contributed by atoms with Crippen molar-refractivity contribution in [3.05, 3.63) is 89.5 Å². The van der Waals surface area contributed by atoms with Crippen LogP contribution in [0.3, 0.4) is 0 Å².